The van der Waals surface area contributed by atoms with Crippen molar-refractivity contribution in [3.05, 3.63) is 34.9 Å². The van der Waals surface area contributed by atoms with Crippen molar-refractivity contribution >= 4 is 32.6 Å². The fourth-order valence-electron chi connectivity index (χ4n) is 1.03. The summed E-state index contributed by atoms with van der Waals surface area (Å²) in [6.07, 6.45) is 0. The number of aromatic carboxylic acids is 2. The highest BCUT2D eigenvalue weighted by atomic mass is 79.9. The standard InChI is InChI=1S/C9H5BrO5/c10-7(11)6-3-4(8(12)13)1-2-5(6)9(14)15/h1-3H,(H,12,13)(H,14,15). The summed E-state index contributed by atoms with van der Waals surface area (Å²) < 4.78 is -0.664. The molecule has 0 bridgehead atoms. The van der Waals surface area contributed by atoms with Crippen LogP contribution in [0, 0.1) is 0 Å². The molecule has 0 aromatic heterocycles. The Morgan fingerprint density at radius 2 is 1.60 bits per heavy atom. The number of hydrogen-bond donors (Lipinski definition) is 2. The number of carboxylic acid groups (broad SMARTS) is 2. The molecule has 0 saturated carbocycles. The van der Waals surface area contributed by atoms with Crippen molar-refractivity contribution in [3.63, 3.8) is 0 Å². The van der Waals surface area contributed by atoms with E-state index in [0.717, 1.165) is 18.2 Å². The molecule has 0 amide bonds. The van der Waals surface area contributed by atoms with Gasteiger partial charge in [-0.05, 0) is 34.1 Å². The Kier molecular flexibility index (Phi) is 3.21. The molecule has 1 rings (SSSR count). The Balaban J connectivity index is 3.40. The van der Waals surface area contributed by atoms with Crippen LogP contribution < -0.4 is 0 Å². The third kappa shape index (κ3) is 2.41. The summed E-state index contributed by atoms with van der Waals surface area (Å²) in [5.41, 5.74) is -0.549. The molecule has 0 atom stereocenters. The Labute approximate surface area is 92.5 Å². The highest BCUT2D eigenvalue weighted by molar-refractivity contribution is 9.18. The lowest BCUT2D eigenvalue weighted by Crippen LogP contribution is -2.07. The summed E-state index contributed by atoms with van der Waals surface area (Å²) in [6.45, 7) is 0. The van der Waals surface area contributed by atoms with E-state index in [1.165, 1.54) is 0 Å². The first-order valence-electron chi connectivity index (χ1n) is 3.74. The first-order chi connectivity index (χ1) is 6.93. The van der Waals surface area contributed by atoms with Crippen molar-refractivity contribution in [2.24, 2.45) is 0 Å². The Bertz CT molecular complexity index is 452. The fourth-order valence-corrected chi connectivity index (χ4v) is 1.35. The van der Waals surface area contributed by atoms with E-state index in [4.69, 9.17) is 10.2 Å². The second kappa shape index (κ2) is 4.22. The molecule has 0 fully saturated rings. The van der Waals surface area contributed by atoms with Crippen LogP contribution in [-0.4, -0.2) is 26.8 Å². The molecule has 0 aliphatic rings. The van der Waals surface area contributed by atoms with E-state index in [1.807, 2.05) is 0 Å². The number of carboxylic acids is 2. The predicted molar refractivity (Wildman–Crippen MR) is 53.6 cm³/mol. The van der Waals surface area contributed by atoms with Crippen LogP contribution >= 0.6 is 15.9 Å². The van der Waals surface area contributed by atoms with Crippen LogP contribution in [0.3, 0.4) is 0 Å². The molecular formula is C9H5BrO5. The minimum absolute atomic E-state index is 0.136. The number of rotatable bonds is 3. The van der Waals surface area contributed by atoms with Crippen LogP contribution in [-0.2, 0) is 0 Å². The number of halogens is 1. The smallest absolute Gasteiger partial charge is 0.336 e. The average molecular weight is 273 g/mol. The van der Waals surface area contributed by atoms with Crippen LogP contribution in [0.1, 0.15) is 31.1 Å². The highest BCUT2D eigenvalue weighted by Crippen LogP contribution is 2.15. The highest BCUT2D eigenvalue weighted by Gasteiger charge is 2.16. The van der Waals surface area contributed by atoms with Gasteiger partial charge in [0.1, 0.15) is 0 Å². The molecular weight excluding hydrogens is 268 g/mol. The van der Waals surface area contributed by atoms with Crippen LogP contribution in [0.4, 0.5) is 0 Å². The summed E-state index contributed by atoms with van der Waals surface area (Å²) in [5.74, 6) is -2.50. The van der Waals surface area contributed by atoms with Crippen LogP contribution in [0.15, 0.2) is 18.2 Å². The third-order valence-electron chi connectivity index (χ3n) is 1.71. The second-order valence-corrected chi connectivity index (χ2v) is 3.36. The van der Waals surface area contributed by atoms with E-state index < -0.39 is 16.6 Å². The van der Waals surface area contributed by atoms with Gasteiger partial charge in [0.05, 0.1) is 11.1 Å². The van der Waals surface area contributed by atoms with Crippen molar-refractivity contribution in [3.8, 4) is 0 Å². The van der Waals surface area contributed by atoms with E-state index in [9.17, 15) is 14.4 Å². The van der Waals surface area contributed by atoms with Gasteiger partial charge in [0.2, 0.25) is 4.69 Å². The molecule has 6 heteroatoms. The van der Waals surface area contributed by atoms with Gasteiger partial charge in [-0.3, -0.25) is 4.79 Å². The molecule has 15 heavy (non-hydrogen) atoms. The quantitative estimate of drug-likeness (QED) is 0.816. The molecule has 0 spiro atoms. The lowest BCUT2D eigenvalue weighted by molar-refractivity contribution is 0.0679. The van der Waals surface area contributed by atoms with Crippen LogP contribution in [0.2, 0.25) is 0 Å². The zero-order chi connectivity index (χ0) is 11.6. The Morgan fingerprint density at radius 1 is 1.00 bits per heavy atom. The summed E-state index contributed by atoms with van der Waals surface area (Å²) >= 11 is 2.59. The lowest BCUT2D eigenvalue weighted by Gasteiger charge is -2.02. The van der Waals surface area contributed by atoms with Crippen molar-refractivity contribution in [2.75, 3.05) is 0 Å². The van der Waals surface area contributed by atoms with Crippen molar-refractivity contribution < 1.29 is 24.6 Å². The number of carbonyl (C=O) groups is 3. The SMILES string of the molecule is O=C(O)c1ccc(C(=O)O)c(C(=O)Br)c1. The molecule has 0 aliphatic heterocycles. The molecule has 0 aliphatic carbocycles. The van der Waals surface area contributed by atoms with E-state index in [2.05, 4.69) is 15.9 Å². The third-order valence-corrected chi connectivity index (χ3v) is 2.14. The van der Waals surface area contributed by atoms with E-state index in [1.54, 1.807) is 0 Å². The van der Waals surface area contributed by atoms with Crippen molar-refractivity contribution in [2.45, 2.75) is 0 Å². The van der Waals surface area contributed by atoms with Crippen LogP contribution in [0.25, 0.3) is 0 Å². The van der Waals surface area contributed by atoms with Gasteiger partial charge >= 0.3 is 11.9 Å². The number of carbonyl (C=O) groups excluding carboxylic acids is 1. The van der Waals surface area contributed by atoms with Gasteiger partial charge in [-0.1, -0.05) is 0 Å². The normalized spacial score (nSPS) is 9.67. The monoisotopic (exact) mass is 272 g/mol. The molecule has 0 unspecified atom stereocenters. The summed E-state index contributed by atoms with van der Waals surface area (Å²) in [6, 6.07) is 3.23. The molecule has 1 aromatic carbocycles. The lowest BCUT2D eigenvalue weighted by atomic mass is 10.1. The first kappa shape index (κ1) is 11.4. The summed E-state index contributed by atoms with van der Waals surface area (Å²) in [5, 5.41) is 17.4. The van der Waals surface area contributed by atoms with Crippen molar-refractivity contribution in [1.29, 1.82) is 0 Å². The molecule has 0 heterocycles. The van der Waals surface area contributed by atoms with Crippen molar-refractivity contribution in [1.82, 2.24) is 0 Å². The van der Waals surface area contributed by atoms with Gasteiger partial charge in [0.15, 0.2) is 0 Å². The number of hydrogen-bond acceptors (Lipinski definition) is 3. The van der Waals surface area contributed by atoms with Crippen LogP contribution in [0.5, 0.6) is 0 Å². The maximum Gasteiger partial charge on any atom is 0.336 e. The topological polar surface area (TPSA) is 91.7 Å². The summed E-state index contributed by atoms with van der Waals surface area (Å²) in [7, 11) is 0. The van der Waals surface area contributed by atoms with Gasteiger partial charge in [0.25, 0.3) is 0 Å². The zero-order valence-corrected chi connectivity index (χ0v) is 8.82. The molecule has 0 radical (unpaired) electrons. The average Bonchev–Trinajstić information content (AvgIpc) is 2.16. The summed E-state index contributed by atoms with van der Waals surface area (Å²) in [4.78, 5) is 32.3. The maximum atomic E-state index is 11.0. The zero-order valence-electron chi connectivity index (χ0n) is 7.23. The van der Waals surface area contributed by atoms with E-state index >= 15 is 0 Å². The Hall–Kier alpha value is -1.69. The molecule has 2 N–H and O–H groups in total. The molecule has 0 saturated heterocycles. The van der Waals surface area contributed by atoms with Gasteiger partial charge in [-0.25, -0.2) is 9.59 Å². The first-order valence-corrected chi connectivity index (χ1v) is 4.53. The fraction of sp³-hybridized carbons (Fsp3) is 0. The Morgan fingerprint density at radius 3 is 2.00 bits per heavy atom. The minimum Gasteiger partial charge on any atom is -0.478 e. The molecule has 1 aromatic rings. The predicted octanol–water partition coefficient (Wildman–Crippen LogP) is 1.62. The molecule has 5 nitrogen and oxygen atoms in total. The van der Waals surface area contributed by atoms with E-state index in [-0.39, 0.29) is 16.7 Å². The minimum atomic E-state index is -1.28. The second-order valence-electron chi connectivity index (χ2n) is 2.64. The maximum absolute atomic E-state index is 11.0. The largest absolute Gasteiger partial charge is 0.478 e. The van der Waals surface area contributed by atoms with E-state index in [0.29, 0.717) is 0 Å². The number of benzene rings is 1. The molecule has 78 valence electrons. The van der Waals surface area contributed by atoms with Gasteiger partial charge in [-0.2, -0.15) is 0 Å². The van der Waals surface area contributed by atoms with Gasteiger partial charge in [0, 0.05) is 5.56 Å². The van der Waals surface area contributed by atoms with Gasteiger partial charge in [-0.15, -0.1) is 0 Å². The van der Waals surface area contributed by atoms with Gasteiger partial charge < -0.3 is 10.2 Å².